The van der Waals surface area contributed by atoms with Crippen LogP contribution in [-0.4, -0.2) is 51.0 Å². The van der Waals surface area contributed by atoms with Gasteiger partial charge in [0.2, 0.25) is 5.91 Å². The van der Waals surface area contributed by atoms with Gasteiger partial charge in [-0.2, -0.15) is 5.10 Å². The van der Waals surface area contributed by atoms with E-state index >= 15 is 0 Å². The maximum atomic E-state index is 12.7. The van der Waals surface area contributed by atoms with Crippen molar-refractivity contribution in [3.8, 4) is 5.75 Å². The lowest BCUT2D eigenvalue weighted by atomic mass is 10.1. The average molecular weight is 357 g/mol. The van der Waals surface area contributed by atoms with Gasteiger partial charge in [-0.05, 0) is 39.3 Å². The molecule has 0 bridgehead atoms. The van der Waals surface area contributed by atoms with Gasteiger partial charge in [-0.25, -0.2) is 0 Å². The predicted molar refractivity (Wildman–Crippen MR) is 99.2 cm³/mol. The van der Waals surface area contributed by atoms with Gasteiger partial charge in [-0.15, -0.1) is 0 Å². The van der Waals surface area contributed by atoms with E-state index in [1.54, 1.807) is 9.58 Å². The van der Waals surface area contributed by atoms with Gasteiger partial charge in [-0.3, -0.25) is 9.48 Å². The Bertz CT molecular complexity index is 797. The van der Waals surface area contributed by atoms with Crippen LogP contribution in [0.4, 0.5) is 0 Å². The molecule has 6 nitrogen and oxygen atoms in total. The topological polar surface area (TPSA) is 67.6 Å². The summed E-state index contributed by atoms with van der Waals surface area (Å²) < 4.78 is 7.53. The fraction of sp³-hybridized carbons (Fsp3) is 0.500. The second-order valence-electron chi connectivity index (χ2n) is 7.34. The van der Waals surface area contributed by atoms with Gasteiger partial charge in [0.15, 0.2) is 0 Å². The lowest BCUT2D eigenvalue weighted by Gasteiger charge is -2.23. The largest absolute Gasteiger partial charge is 0.491 e. The van der Waals surface area contributed by atoms with Crippen molar-refractivity contribution in [1.29, 1.82) is 0 Å². The van der Waals surface area contributed by atoms with Crippen molar-refractivity contribution in [3.05, 3.63) is 46.8 Å². The number of aromatic nitrogens is 2. The van der Waals surface area contributed by atoms with Crippen molar-refractivity contribution in [2.24, 2.45) is 7.05 Å². The molecule has 1 saturated heterocycles. The van der Waals surface area contributed by atoms with Crippen molar-refractivity contribution >= 4 is 5.91 Å². The molecule has 1 amide bonds. The van der Waals surface area contributed by atoms with Crippen molar-refractivity contribution in [2.75, 3.05) is 19.7 Å². The third-order valence-electron chi connectivity index (χ3n) is 5.20. The Labute approximate surface area is 154 Å². The van der Waals surface area contributed by atoms with Crippen LogP contribution in [0.2, 0.25) is 0 Å². The number of carbonyl (C=O) groups is 1. The van der Waals surface area contributed by atoms with E-state index in [0.29, 0.717) is 25.9 Å². The summed E-state index contributed by atoms with van der Waals surface area (Å²) in [7, 11) is 1.88. The van der Waals surface area contributed by atoms with Crippen LogP contribution < -0.4 is 4.74 Å². The van der Waals surface area contributed by atoms with Crippen LogP contribution in [0.5, 0.6) is 5.75 Å². The van der Waals surface area contributed by atoms with Gasteiger partial charge in [-0.1, -0.05) is 17.7 Å². The molecule has 0 spiro atoms. The lowest BCUT2D eigenvalue weighted by molar-refractivity contribution is -0.130. The second kappa shape index (κ2) is 7.11. The summed E-state index contributed by atoms with van der Waals surface area (Å²) in [6, 6.07) is 7.74. The van der Waals surface area contributed by atoms with Crippen molar-refractivity contribution < 1.29 is 14.6 Å². The molecule has 0 saturated carbocycles. The standard InChI is InChI=1S/C20H27N3O3/c1-14-5-7-17(8-6-14)26-13-20(25)9-10-23(12-20)19(24)11-18-15(2)21-22(4)16(18)3/h5-8,25H,9-13H2,1-4H3/t20-/m0/s1. The Morgan fingerprint density at radius 3 is 2.58 bits per heavy atom. The summed E-state index contributed by atoms with van der Waals surface area (Å²) in [5.74, 6) is 0.755. The minimum absolute atomic E-state index is 0.0236. The van der Waals surface area contributed by atoms with E-state index in [2.05, 4.69) is 5.10 Å². The lowest BCUT2D eigenvalue weighted by Crippen LogP contribution is -2.41. The summed E-state index contributed by atoms with van der Waals surface area (Å²) in [5, 5.41) is 15.1. The van der Waals surface area contributed by atoms with E-state index in [9.17, 15) is 9.90 Å². The molecule has 0 aliphatic carbocycles. The summed E-state index contributed by atoms with van der Waals surface area (Å²) in [4.78, 5) is 14.4. The number of ether oxygens (including phenoxy) is 1. The Kier molecular flexibility index (Phi) is 5.05. The molecule has 1 fully saturated rings. The van der Waals surface area contributed by atoms with E-state index in [0.717, 1.165) is 28.3 Å². The van der Waals surface area contributed by atoms with Crippen LogP contribution in [0.15, 0.2) is 24.3 Å². The van der Waals surface area contributed by atoms with E-state index in [1.165, 1.54) is 0 Å². The van der Waals surface area contributed by atoms with E-state index in [1.807, 2.05) is 52.1 Å². The fourth-order valence-electron chi connectivity index (χ4n) is 3.38. The summed E-state index contributed by atoms with van der Waals surface area (Å²) in [6.45, 7) is 6.94. The van der Waals surface area contributed by atoms with Crippen LogP contribution in [-0.2, 0) is 18.3 Å². The number of hydrogen-bond donors (Lipinski definition) is 1. The monoisotopic (exact) mass is 357 g/mol. The minimum Gasteiger partial charge on any atom is -0.491 e. The first kappa shape index (κ1) is 18.5. The molecule has 26 heavy (non-hydrogen) atoms. The zero-order chi connectivity index (χ0) is 18.9. The first-order valence-corrected chi connectivity index (χ1v) is 8.96. The van der Waals surface area contributed by atoms with Crippen LogP contribution in [0.25, 0.3) is 0 Å². The third-order valence-corrected chi connectivity index (χ3v) is 5.20. The molecular formula is C20H27N3O3. The Balaban J connectivity index is 1.58. The van der Waals surface area contributed by atoms with Crippen molar-refractivity contribution in [3.63, 3.8) is 0 Å². The van der Waals surface area contributed by atoms with Gasteiger partial charge in [0.1, 0.15) is 18.0 Å². The molecule has 0 unspecified atom stereocenters. The molecule has 2 heterocycles. The van der Waals surface area contributed by atoms with E-state index in [-0.39, 0.29) is 12.5 Å². The van der Waals surface area contributed by atoms with Crippen LogP contribution >= 0.6 is 0 Å². The highest BCUT2D eigenvalue weighted by atomic mass is 16.5. The number of likely N-dealkylation sites (tertiary alicyclic amines) is 1. The Morgan fingerprint density at radius 2 is 1.96 bits per heavy atom. The van der Waals surface area contributed by atoms with Gasteiger partial charge < -0.3 is 14.7 Å². The Hall–Kier alpha value is -2.34. The molecular weight excluding hydrogens is 330 g/mol. The zero-order valence-electron chi connectivity index (χ0n) is 16.0. The number of nitrogens with zero attached hydrogens (tertiary/aromatic N) is 3. The molecule has 0 radical (unpaired) electrons. The summed E-state index contributed by atoms with van der Waals surface area (Å²) in [6.07, 6.45) is 0.843. The highest BCUT2D eigenvalue weighted by Crippen LogP contribution is 2.24. The number of β-amino-alcohol motifs (C(OH)–C–C–N with tert-alkyl or cyclic N) is 1. The molecule has 2 aromatic rings. The average Bonchev–Trinajstić information content (AvgIpc) is 3.10. The van der Waals surface area contributed by atoms with Crippen LogP contribution in [0.1, 0.15) is 28.9 Å². The van der Waals surface area contributed by atoms with Gasteiger partial charge in [0.25, 0.3) is 0 Å². The summed E-state index contributed by atoms with van der Waals surface area (Å²) >= 11 is 0. The summed E-state index contributed by atoms with van der Waals surface area (Å²) in [5.41, 5.74) is 3.03. The SMILES string of the molecule is Cc1ccc(OC[C@]2(O)CCN(C(=O)Cc3c(C)nn(C)c3C)C2)cc1. The number of aryl methyl sites for hydroxylation is 3. The maximum absolute atomic E-state index is 12.7. The second-order valence-corrected chi connectivity index (χ2v) is 7.34. The molecule has 1 aromatic heterocycles. The van der Waals surface area contributed by atoms with Crippen LogP contribution in [0, 0.1) is 20.8 Å². The van der Waals surface area contributed by atoms with E-state index in [4.69, 9.17) is 4.74 Å². The van der Waals surface area contributed by atoms with Gasteiger partial charge >= 0.3 is 0 Å². The smallest absolute Gasteiger partial charge is 0.227 e. The Morgan fingerprint density at radius 1 is 1.27 bits per heavy atom. The molecule has 140 valence electrons. The van der Waals surface area contributed by atoms with Gasteiger partial charge in [0, 0.05) is 24.8 Å². The molecule has 3 rings (SSSR count). The molecule has 1 N–H and O–H groups in total. The number of amides is 1. The molecule has 6 heteroatoms. The highest BCUT2D eigenvalue weighted by molar-refractivity contribution is 5.79. The molecule has 1 aromatic carbocycles. The van der Waals surface area contributed by atoms with Crippen LogP contribution in [0.3, 0.4) is 0 Å². The number of aliphatic hydroxyl groups is 1. The quantitative estimate of drug-likeness (QED) is 0.888. The molecule has 1 aliphatic heterocycles. The third kappa shape index (κ3) is 3.90. The number of rotatable bonds is 5. The number of hydrogen-bond acceptors (Lipinski definition) is 4. The van der Waals surface area contributed by atoms with Crippen molar-refractivity contribution in [1.82, 2.24) is 14.7 Å². The normalized spacial score (nSPS) is 19.8. The first-order chi connectivity index (χ1) is 12.3. The minimum atomic E-state index is -1.00. The number of carbonyl (C=O) groups excluding carboxylic acids is 1. The molecule has 1 atom stereocenters. The fourth-order valence-corrected chi connectivity index (χ4v) is 3.38. The molecule has 1 aliphatic rings. The predicted octanol–water partition coefficient (Wildman–Crippen LogP) is 1.93. The first-order valence-electron chi connectivity index (χ1n) is 8.96. The van der Waals surface area contributed by atoms with E-state index < -0.39 is 5.60 Å². The number of benzene rings is 1. The highest BCUT2D eigenvalue weighted by Gasteiger charge is 2.39. The zero-order valence-corrected chi connectivity index (χ0v) is 16.0. The van der Waals surface area contributed by atoms with Crippen molar-refractivity contribution in [2.45, 2.75) is 39.2 Å². The maximum Gasteiger partial charge on any atom is 0.227 e. The van der Waals surface area contributed by atoms with Gasteiger partial charge in [0.05, 0.1) is 18.7 Å².